The lowest BCUT2D eigenvalue weighted by Crippen LogP contribution is -2.42. The number of carbonyl (C=O) groups is 2. The Hall–Kier alpha value is -1.56. The van der Waals surface area contributed by atoms with Crippen molar-refractivity contribution in [3.8, 4) is 0 Å². The standard InChI is InChI=1S/C11H10FNO3S/c12-8-4-2-1-3-7(8)10(14)13-6-17-5-9(13)11(15)16/h1-4,9H,5-6H2,(H,15,16)/t9-/m0/s1. The molecule has 1 amide bonds. The molecule has 1 saturated heterocycles. The van der Waals surface area contributed by atoms with E-state index in [4.69, 9.17) is 5.11 Å². The van der Waals surface area contributed by atoms with Gasteiger partial charge >= 0.3 is 5.97 Å². The van der Waals surface area contributed by atoms with Gasteiger partial charge in [0.15, 0.2) is 0 Å². The largest absolute Gasteiger partial charge is 0.480 e. The summed E-state index contributed by atoms with van der Waals surface area (Å²) in [6.07, 6.45) is 0. The summed E-state index contributed by atoms with van der Waals surface area (Å²) >= 11 is 1.35. The predicted molar refractivity (Wildman–Crippen MR) is 61.3 cm³/mol. The molecule has 1 heterocycles. The van der Waals surface area contributed by atoms with Gasteiger partial charge in [-0.1, -0.05) is 12.1 Å². The number of aliphatic carboxylic acids is 1. The molecule has 17 heavy (non-hydrogen) atoms. The molecule has 2 rings (SSSR count). The van der Waals surface area contributed by atoms with Gasteiger partial charge < -0.3 is 10.0 Å². The fourth-order valence-corrected chi connectivity index (χ4v) is 2.78. The number of hydrogen-bond acceptors (Lipinski definition) is 3. The molecule has 1 N–H and O–H groups in total. The first-order valence-electron chi connectivity index (χ1n) is 4.97. The summed E-state index contributed by atoms with van der Waals surface area (Å²) < 4.78 is 13.4. The monoisotopic (exact) mass is 255 g/mol. The van der Waals surface area contributed by atoms with Crippen molar-refractivity contribution in [2.45, 2.75) is 6.04 Å². The predicted octanol–water partition coefficient (Wildman–Crippen LogP) is 1.43. The zero-order chi connectivity index (χ0) is 12.4. The number of benzene rings is 1. The lowest BCUT2D eigenvalue weighted by molar-refractivity contribution is -0.140. The molecule has 0 aromatic heterocycles. The molecule has 1 aliphatic rings. The quantitative estimate of drug-likeness (QED) is 0.868. The molecule has 90 valence electrons. The van der Waals surface area contributed by atoms with Crippen molar-refractivity contribution in [1.29, 1.82) is 0 Å². The Bertz CT molecular complexity index is 466. The summed E-state index contributed by atoms with van der Waals surface area (Å²) in [6.45, 7) is 0. The number of carboxylic acids is 1. The van der Waals surface area contributed by atoms with Crippen molar-refractivity contribution in [3.05, 3.63) is 35.6 Å². The van der Waals surface area contributed by atoms with Crippen LogP contribution in [0.3, 0.4) is 0 Å². The van der Waals surface area contributed by atoms with Crippen LogP contribution in [0.5, 0.6) is 0 Å². The van der Waals surface area contributed by atoms with E-state index in [0.29, 0.717) is 5.75 Å². The van der Waals surface area contributed by atoms with E-state index in [1.807, 2.05) is 0 Å². The number of rotatable bonds is 2. The minimum absolute atomic E-state index is 0.0822. The highest BCUT2D eigenvalue weighted by Crippen LogP contribution is 2.24. The summed E-state index contributed by atoms with van der Waals surface area (Å²) in [6, 6.07) is 4.72. The molecule has 1 atom stereocenters. The van der Waals surface area contributed by atoms with Crippen molar-refractivity contribution >= 4 is 23.6 Å². The Morgan fingerprint density at radius 2 is 2.12 bits per heavy atom. The second-order valence-corrected chi connectivity index (χ2v) is 4.61. The van der Waals surface area contributed by atoms with Crippen molar-refractivity contribution < 1.29 is 19.1 Å². The minimum Gasteiger partial charge on any atom is -0.480 e. The van der Waals surface area contributed by atoms with E-state index in [0.717, 1.165) is 0 Å². The van der Waals surface area contributed by atoms with Crippen LogP contribution in [0, 0.1) is 5.82 Å². The summed E-state index contributed by atoms with van der Waals surface area (Å²) in [4.78, 5) is 24.1. The zero-order valence-electron chi connectivity index (χ0n) is 8.80. The molecule has 6 heteroatoms. The second-order valence-electron chi connectivity index (χ2n) is 3.61. The third-order valence-electron chi connectivity index (χ3n) is 2.53. The van der Waals surface area contributed by atoms with E-state index < -0.39 is 23.7 Å². The number of halogens is 1. The molecule has 1 aromatic rings. The van der Waals surface area contributed by atoms with Crippen molar-refractivity contribution in [1.82, 2.24) is 4.90 Å². The van der Waals surface area contributed by atoms with E-state index in [-0.39, 0.29) is 11.4 Å². The molecule has 0 bridgehead atoms. The molecular weight excluding hydrogens is 245 g/mol. The van der Waals surface area contributed by atoms with E-state index in [9.17, 15) is 14.0 Å². The summed E-state index contributed by atoms with van der Waals surface area (Å²) in [7, 11) is 0. The first kappa shape index (κ1) is 11.9. The van der Waals surface area contributed by atoms with E-state index in [1.165, 1.54) is 34.9 Å². The molecule has 1 aromatic carbocycles. The molecule has 1 fully saturated rings. The molecule has 1 aliphatic heterocycles. The number of carbonyl (C=O) groups excluding carboxylic acids is 1. The number of amides is 1. The van der Waals surface area contributed by atoms with Crippen LogP contribution in [0.25, 0.3) is 0 Å². The van der Waals surface area contributed by atoms with Gasteiger partial charge in [-0.15, -0.1) is 11.8 Å². The SMILES string of the molecule is O=C(O)[C@@H]1CSCN1C(=O)c1ccccc1F. The van der Waals surface area contributed by atoms with Gasteiger partial charge in [-0.05, 0) is 12.1 Å². The lowest BCUT2D eigenvalue weighted by Gasteiger charge is -2.20. The van der Waals surface area contributed by atoms with Gasteiger partial charge in [-0.2, -0.15) is 0 Å². The van der Waals surface area contributed by atoms with Gasteiger partial charge in [0.1, 0.15) is 11.9 Å². The average molecular weight is 255 g/mol. The summed E-state index contributed by atoms with van der Waals surface area (Å²) in [5.41, 5.74) is -0.0822. The average Bonchev–Trinajstić information content (AvgIpc) is 2.77. The van der Waals surface area contributed by atoms with E-state index >= 15 is 0 Å². The number of thioether (sulfide) groups is 1. The van der Waals surface area contributed by atoms with Crippen LogP contribution >= 0.6 is 11.8 Å². The lowest BCUT2D eigenvalue weighted by atomic mass is 10.1. The maximum atomic E-state index is 13.4. The highest BCUT2D eigenvalue weighted by Gasteiger charge is 2.35. The second kappa shape index (κ2) is 4.75. The Kier molecular flexibility index (Phi) is 3.33. The van der Waals surface area contributed by atoms with Crippen molar-refractivity contribution in [2.24, 2.45) is 0 Å². The molecule has 4 nitrogen and oxygen atoms in total. The Labute approximate surface area is 101 Å². The fourth-order valence-electron chi connectivity index (χ4n) is 1.64. The van der Waals surface area contributed by atoms with Crippen LogP contribution in [-0.2, 0) is 4.79 Å². The number of hydrogen-bond donors (Lipinski definition) is 1. The number of nitrogens with zero attached hydrogens (tertiary/aromatic N) is 1. The molecule has 0 spiro atoms. The van der Waals surface area contributed by atoms with Gasteiger partial charge in [0, 0.05) is 5.75 Å². The van der Waals surface area contributed by atoms with Gasteiger partial charge in [-0.25, -0.2) is 9.18 Å². The van der Waals surface area contributed by atoms with E-state index in [2.05, 4.69) is 0 Å². The third-order valence-corrected chi connectivity index (χ3v) is 3.54. The van der Waals surface area contributed by atoms with Crippen molar-refractivity contribution in [3.63, 3.8) is 0 Å². The first-order chi connectivity index (χ1) is 8.11. The Balaban J connectivity index is 2.26. The topological polar surface area (TPSA) is 57.6 Å². The summed E-state index contributed by atoms with van der Waals surface area (Å²) in [5, 5.41) is 8.95. The Morgan fingerprint density at radius 3 is 2.76 bits per heavy atom. The highest BCUT2D eigenvalue weighted by molar-refractivity contribution is 7.99. The third kappa shape index (κ3) is 2.26. The van der Waals surface area contributed by atoms with Crippen molar-refractivity contribution in [2.75, 3.05) is 11.6 Å². The number of carboxylic acid groups (broad SMARTS) is 1. The molecule has 0 saturated carbocycles. The van der Waals surface area contributed by atoms with Crippen LogP contribution < -0.4 is 0 Å². The van der Waals surface area contributed by atoms with Gasteiger partial charge in [0.05, 0.1) is 11.4 Å². The molecule has 0 aliphatic carbocycles. The Morgan fingerprint density at radius 1 is 1.41 bits per heavy atom. The fraction of sp³-hybridized carbons (Fsp3) is 0.273. The van der Waals surface area contributed by atoms with Crippen LogP contribution in [0.15, 0.2) is 24.3 Å². The first-order valence-corrected chi connectivity index (χ1v) is 6.13. The highest BCUT2D eigenvalue weighted by atomic mass is 32.2. The van der Waals surface area contributed by atoms with Gasteiger partial charge in [0.2, 0.25) is 0 Å². The van der Waals surface area contributed by atoms with E-state index in [1.54, 1.807) is 6.07 Å². The maximum absolute atomic E-state index is 13.4. The summed E-state index contributed by atoms with van der Waals surface area (Å²) in [5.74, 6) is -1.63. The van der Waals surface area contributed by atoms with Crippen LogP contribution in [0.2, 0.25) is 0 Å². The zero-order valence-corrected chi connectivity index (χ0v) is 9.61. The van der Waals surface area contributed by atoms with Gasteiger partial charge in [-0.3, -0.25) is 4.79 Å². The van der Waals surface area contributed by atoms with Crippen LogP contribution in [-0.4, -0.2) is 39.6 Å². The van der Waals surface area contributed by atoms with Gasteiger partial charge in [0.25, 0.3) is 5.91 Å². The molecule has 0 unspecified atom stereocenters. The van der Waals surface area contributed by atoms with Crippen LogP contribution in [0.1, 0.15) is 10.4 Å². The molecular formula is C11H10FNO3S. The normalized spacial score (nSPS) is 19.4. The minimum atomic E-state index is -1.06. The van der Waals surface area contributed by atoms with Crippen LogP contribution in [0.4, 0.5) is 4.39 Å². The molecule has 0 radical (unpaired) electrons. The maximum Gasteiger partial charge on any atom is 0.327 e. The smallest absolute Gasteiger partial charge is 0.327 e.